The van der Waals surface area contributed by atoms with Gasteiger partial charge in [-0.25, -0.2) is 4.39 Å². The predicted molar refractivity (Wildman–Crippen MR) is 87.4 cm³/mol. The molecule has 3 heteroatoms. The van der Waals surface area contributed by atoms with Crippen LogP contribution in [-0.4, -0.2) is 13.6 Å². The molecule has 1 nitrogen and oxygen atoms in total. The fourth-order valence-electron chi connectivity index (χ4n) is 2.66. The van der Waals surface area contributed by atoms with E-state index < -0.39 is 0 Å². The van der Waals surface area contributed by atoms with Crippen molar-refractivity contribution in [1.82, 2.24) is 5.32 Å². The van der Waals surface area contributed by atoms with Gasteiger partial charge in [0.1, 0.15) is 5.82 Å². The van der Waals surface area contributed by atoms with E-state index in [1.807, 2.05) is 13.1 Å². The molecule has 0 aliphatic carbocycles. The van der Waals surface area contributed by atoms with Gasteiger partial charge in [0, 0.05) is 0 Å². The second-order valence-electron chi connectivity index (χ2n) is 5.51. The van der Waals surface area contributed by atoms with Crippen LogP contribution >= 0.6 is 11.6 Å². The van der Waals surface area contributed by atoms with Gasteiger partial charge < -0.3 is 5.32 Å². The van der Waals surface area contributed by atoms with Gasteiger partial charge >= 0.3 is 0 Å². The van der Waals surface area contributed by atoms with Gasteiger partial charge in [-0.1, -0.05) is 41.9 Å². The topological polar surface area (TPSA) is 12.0 Å². The van der Waals surface area contributed by atoms with Crippen molar-refractivity contribution in [2.45, 2.75) is 19.8 Å². The van der Waals surface area contributed by atoms with Crippen molar-refractivity contribution >= 4 is 11.6 Å². The minimum Gasteiger partial charge on any atom is -0.319 e. The predicted octanol–water partition coefficient (Wildman–Crippen LogP) is 4.41. The summed E-state index contributed by atoms with van der Waals surface area (Å²) in [5.74, 6) is 0.0879. The molecule has 0 radical (unpaired) electrons. The summed E-state index contributed by atoms with van der Waals surface area (Å²) >= 11 is 5.74. The highest BCUT2D eigenvalue weighted by molar-refractivity contribution is 6.30. The first-order chi connectivity index (χ1) is 10.1. The molecule has 0 spiro atoms. The van der Waals surface area contributed by atoms with Gasteiger partial charge in [-0.05, 0) is 68.1 Å². The van der Waals surface area contributed by atoms with E-state index in [1.165, 1.54) is 11.1 Å². The fourth-order valence-corrected chi connectivity index (χ4v) is 2.77. The first-order valence-electron chi connectivity index (χ1n) is 7.23. The summed E-state index contributed by atoms with van der Waals surface area (Å²) in [4.78, 5) is 0. The second-order valence-corrected chi connectivity index (χ2v) is 5.91. The Morgan fingerprint density at radius 1 is 1.14 bits per heavy atom. The maximum absolute atomic E-state index is 13.6. The number of nitrogens with one attached hydrogen (secondary N) is 1. The Bertz CT molecular complexity index is 598. The number of aryl methyl sites for hydroxylation is 1. The van der Waals surface area contributed by atoms with Gasteiger partial charge in [0.05, 0.1) is 5.02 Å². The third kappa shape index (κ3) is 4.55. The molecule has 0 aliphatic heterocycles. The molecule has 1 unspecified atom stereocenters. The van der Waals surface area contributed by atoms with Crippen molar-refractivity contribution in [3.63, 3.8) is 0 Å². The fraction of sp³-hybridized carbons (Fsp3) is 0.333. The lowest BCUT2D eigenvalue weighted by Gasteiger charge is -2.18. The molecule has 0 aliphatic rings. The van der Waals surface area contributed by atoms with Crippen LogP contribution in [0.2, 0.25) is 5.02 Å². The number of benzene rings is 2. The van der Waals surface area contributed by atoms with E-state index in [2.05, 4.69) is 36.5 Å². The molecule has 0 aromatic heterocycles. The lowest BCUT2D eigenvalue weighted by molar-refractivity contribution is 0.491. The molecule has 2 aromatic carbocycles. The van der Waals surface area contributed by atoms with Crippen LogP contribution in [0.25, 0.3) is 0 Å². The molecule has 0 saturated carbocycles. The van der Waals surface area contributed by atoms with Gasteiger partial charge in [0.15, 0.2) is 0 Å². The van der Waals surface area contributed by atoms with E-state index >= 15 is 0 Å². The molecule has 112 valence electrons. The van der Waals surface area contributed by atoms with Gasteiger partial charge in [-0.2, -0.15) is 0 Å². The molecule has 0 heterocycles. The molecule has 2 aromatic rings. The first-order valence-corrected chi connectivity index (χ1v) is 7.61. The standard InChI is InChI=1S/C18H21ClFN/c1-13-5-3-4-6-16(13)10-15(12-21-2)9-14-7-8-17(19)18(20)11-14/h3-8,11,15,21H,9-10,12H2,1-2H3. The van der Waals surface area contributed by atoms with E-state index in [9.17, 15) is 4.39 Å². The highest BCUT2D eigenvalue weighted by atomic mass is 35.5. The van der Waals surface area contributed by atoms with Crippen molar-refractivity contribution in [2.75, 3.05) is 13.6 Å². The summed E-state index contributed by atoms with van der Waals surface area (Å²) in [6.45, 7) is 3.03. The molecular weight excluding hydrogens is 285 g/mol. The zero-order chi connectivity index (χ0) is 15.2. The van der Waals surface area contributed by atoms with Crippen LogP contribution in [0.1, 0.15) is 16.7 Å². The van der Waals surface area contributed by atoms with E-state index in [4.69, 9.17) is 11.6 Å². The Balaban J connectivity index is 2.11. The quantitative estimate of drug-likeness (QED) is 0.833. The van der Waals surface area contributed by atoms with E-state index in [1.54, 1.807) is 12.1 Å². The number of hydrogen-bond acceptors (Lipinski definition) is 1. The minimum absolute atomic E-state index is 0.183. The van der Waals surface area contributed by atoms with Crippen molar-refractivity contribution in [2.24, 2.45) is 5.92 Å². The molecule has 2 rings (SSSR count). The molecule has 1 N–H and O–H groups in total. The van der Waals surface area contributed by atoms with Crippen LogP contribution < -0.4 is 5.32 Å². The Kier molecular flexibility index (Phi) is 5.77. The zero-order valence-corrected chi connectivity index (χ0v) is 13.3. The minimum atomic E-state index is -0.340. The van der Waals surface area contributed by atoms with Crippen LogP contribution in [0, 0.1) is 18.7 Å². The second kappa shape index (κ2) is 7.58. The van der Waals surface area contributed by atoms with Crippen molar-refractivity contribution in [3.05, 3.63) is 70.0 Å². The van der Waals surface area contributed by atoms with Crippen LogP contribution in [0.5, 0.6) is 0 Å². The molecule has 21 heavy (non-hydrogen) atoms. The summed E-state index contributed by atoms with van der Waals surface area (Å²) in [6.07, 6.45) is 1.82. The van der Waals surface area contributed by atoms with Crippen LogP contribution in [-0.2, 0) is 12.8 Å². The third-order valence-electron chi connectivity index (χ3n) is 3.77. The summed E-state index contributed by atoms with van der Waals surface area (Å²) in [7, 11) is 1.95. The molecular formula is C18H21ClFN. The highest BCUT2D eigenvalue weighted by Crippen LogP contribution is 2.20. The Labute approximate surface area is 131 Å². The Morgan fingerprint density at radius 2 is 1.90 bits per heavy atom. The highest BCUT2D eigenvalue weighted by Gasteiger charge is 2.12. The summed E-state index contributed by atoms with van der Waals surface area (Å²) < 4.78 is 13.6. The normalized spacial score (nSPS) is 12.4. The van der Waals surface area contributed by atoms with E-state index in [-0.39, 0.29) is 10.8 Å². The Hall–Kier alpha value is -1.38. The van der Waals surface area contributed by atoms with Gasteiger partial charge in [0.25, 0.3) is 0 Å². The first kappa shape index (κ1) is 16.0. The SMILES string of the molecule is CNCC(Cc1ccc(Cl)c(F)c1)Cc1ccccc1C. The average molecular weight is 306 g/mol. The van der Waals surface area contributed by atoms with E-state index in [0.717, 1.165) is 24.9 Å². The lowest BCUT2D eigenvalue weighted by Crippen LogP contribution is -2.23. The van der Waals surface area contributed by atoms with Crippen molar-refractivity contribution in [3.8, 4) is 0 Å². The maximum atomic E-state index is 13.6. The smallest absolute Gasteiger partial charge is 0.142 e. The molecule has 1 atom stereocenters. The lowest BCUT2D eigenvalue weighted by atomic mass is 9.90. The summed E-state index contributed by atoms with van der Waals surface area (Å²) in [6, 6.07) is 13.5. The summed E-state index contributed by atoms with van der Waals surface area (Å²) in [5.41, 5.74) is 3.65. The molecule has 0 fully saturated rings. The van der Waals surface area contributed by atoms with Crippen molar-refractivity contribution in [1.29, 1.82) is 0 Å². The zero-order valence-electron chi connectivity index (χ0n) is 12.5. The molecule has 0 amide bonds. The molecule has 0 bridgehead atoms. The van der Waals surface area contributed by atoms with Crippen LogP contribution in [0.15, 0.2) is 42.5 Å². The monoisotopic (exact) mass is 305 g/mol. The van der Waals surface area contributed by atoms with Gasteiger partial charge in [-0.3, -0.25) is 0 Å². The number of halogens is 2. The largest absolute Gasteiger partial charge is 0.319 e. The van der Waals surface area contributed by atoms with Gasteiger partial charge in [0.2, 0.25) is 0 Å². The van der Waals surface area contributed by atoms with E-state index in [0.29, 0.717) is 5.92 Å². The average Bonchev–Trinajstić information content (AvgIpc) is 2.46. The number of hydrogen-bond donors (Lipinski definition) is 1. The van der Waals surface area contributed by atoms with Crippen molar-refractivity contribution < 1.29 is 4.39 Å². The van der Waals surface area contributed by atoms with Crippen LogP contribution in [0.4, 0.5) is 4.39 Å². The van der Waals surface area contributed by atoms with Crippen LogP contribution in [0.3, 0.4) is 0 Å². The maximum Gasteiger partial charge on any atom is 0.142 e. The summed E-state index contributed by atoms with van der Waals surface area (Å²) in [5, 5.41) is 3.42. The van der Waals surface area contributed by atoms with Gasteiger partial charge in [-0.15, -0.1) is 0 Å². The number of rotatable bonds is 6. The third-order valence-corrected chi connectivity index (χ3v) is 4.08. The Morgan fingerprint density at radius 3 is 2.57 bits per heavy atom. The molecule has 0 saturated heterocycles.